The molecule has 0 aromatic heterocycles. The lowest BCUT2D eigenvalue weighted by Gasteiger charge is -2.29. The molecule has 0 radical (unpaired) electrons. The van der Waals surface area contributed by atoms with Crippen molar-refractivity contribution in [2.45, 2.75) is 57.8 Å². The van der Waals surface area contributed by atoms with Gasteiger partial charge >= 0.3 is 0 Å². The van der Waals surface area contributed by atoms with Gasteiger partial charge in [-0.3, -0.25) is 0 Å². The standard InChI is InChI=1S/C17H27NO3/c1-3-10-18-12-13-8-9-14(20-2)11-17(13)21-16-7-5-4-6-15(16)19/h8-9,11,15-16,18-19H,3-7,10,12H2,1-2H3. The molecule has 1 aliphatic rings. The lowest BCUT2D eigenvalue weighted by atomic mass is 9.95. The summed E-state index contributed by atoms with van der Waals surface area (Å²) < 4.78 is 11.4. The Morgan fingerprint density at radius 2 is 2.10 bits per heavy atom. The lowest BCUT2D eigenvalue weighted by molar-refractivity contribution is 0.00626. The van der Waals surface area contributed by atoms with E-state index >= 15 is 0 Å². The Morgan fingerprint density at radius 3 is 2.81 bits per heavy atom. The molecule has 1 aromatic carbocycles. The van der Waals surface area contributed by atoms with Crippen LogP contribution in [0.5, 0.6) is 11.5 Å². The first kappa shape index (κ1) is 16.1. The maximum atomic E-state index is 10.1. The largest absolute Gasteiger partial charge is 0.497 e. The third-order valence-corrected chi connectivity index (χ3v) is 3.96. The van der Waals surface area contributed by atoms with E-state index in [2.05, 4.69) is 12.2 Å². The fourth-order valence-corrected chi connectivity index (χ4v) is 2.70. The van der Waals surface area contributed by atoms with Crippen molar-refractivity contribution in [1.29, 1.82) is 0 Å². The summed E-state index contributed by atoms with van der Waals surface area (Å²) in [5.74, 6) is 1.61. The second kappa shape index (κ2) is 8.25. The van der Waals surface area contributed by atoms with Gasteiger partial charge in [0.1, 0.15) is 17.6 Å². The van der Waals surface area contributed by atoms with Gasteiger partial charge in [0.05, 0.1) is 13.2 Å². The molecule has 4 nitrogen and oxygen atoms in total. The summed E-state index contributed by atoms with van der Waals surface area (Å²) in [6.07, 6.45) is 4.60. The topological polar surface area (TPSA) is 50.7 Å². The molecule has 1 saturated carbocycles. The molecule has 2 N–H and O–H groups in total. The Balaban J connectivity index is 2.09. The second-order valence-corrected chi connectivity index (χ2v) is 5.66. The quantitative estimate of drug-likeness (QED) is 0.759. The molecule has 21 heavy (non-hydrogen) atoms. The summed E-state index contributed by atoms with van der Waals surface area (Å²) in [4.78, 5) is 0. The molecule has 0 bridgehead atoms. The van der Waals surface area contributed by atoms with Crippen LogP contribution in [-0.4, -0.2) is 31.0 Å². The minimum absolute atomic E-state index is 0.101. The fourth-order valence-electron chi connectivity index (χ4n) is 2.70. The van der Waals surface area contributed by atoms with E-state index < -0.39 is 0 Å². The van der Waals surface area contributed by atoms with E-state index in [4.69, 9.17) is 9.47 Å². The number of aliphatic hydroxyl groups is 1. The normalized spacial score (nSPS) is 22.0. The zero-order valence-corrected chi connectivity index (χ0v) is 13.1. The molecule has 0 saturated heterocycles. The first-order valence-electron chi connectivity index (χ1n) is 7.97. The Morgan fingerprint density at radius 1 is 1.29 bits per heavy atom. The van der Waals surface area contributed by atoms with Gasteiger partial charge in [0, 0.05) is 18.2 Å². The van der Waals surface area contributed by atoms with Crippen molar-refractivity contribution in [3.05, 3.63) is 23.8 Å². The molecule has 2 unspecified atom stereocenters. The van der Waals surface area contributed by atoms with Gasteiger partial charge in [0.15, 0.2) is 0 Å². The summed E-state index contributed by atoms with van der Waals surface area (Å²) >= 11 is 0. The molecule has 0 spiro atoms. The van der Waals surface area contributed by atoms with Crippen molar-refractivity contribution >= 4 is 0 Å². The highest BCUT2D eigenvalue weighted by Crippen LogP contribution is 2.29. The van der Waals surface area contributed by atoms with E-state index in [-0.39, 0.29) is 12.2 Å². The van der Waals surface area contributed by atoms with Crippen molar-refractivity contribution < 1.29 is 14.6 Å². The molecular weight excluding hydrogens is 266 g/mol. The number of hydrogen-bond acceptors (Lipinski definition) is 4. The van der Waals surface area contributed by atoms with Crippen molar-refractivity contribution in [3.63, 3.8) is 0 Å². The van der Waals surface area contributed by atoms with Crippen molar-refractivity contribution in [1.82, 2.24) is 5.32 Å². The van der Waals surface area contributed by atoms with Crippen LogP contribution < -0.4 is 14.8 Å². The molecule has 2 rings (SSSR count). The van der Waals surface area contributed by atoms with Gasteiger partial charge in [0.2, 0.25) is 0 Å². The number of methoxy groups -OCH3 is 1. The zero-order valence-electron chi connectivity index (χ0n) is 13.1. The zero-order chi connectivity index (χ0) is 15.1. The van der Waals surface area contributed by atoms with Crippen LogP contribution in [-0.2, 0) is 6.54 Å². The minimum atomic E-state index is -0.360. The van der Waals surface area contributed by atoms with Gasteiger partial charge in [-0.2, -0.15) is 0 Å². The third kappa shape index (κ3) is 4.61. The Bertz CT molecular complexity index is 436. The highest BCUT2D eigenvalue weighted by molar-refractivity contribution is 5.41. The Hall–Kier alpha value is -1.26. The number of aliphatic hydroxyl groups excluding tert-OH is 1. The van der Waals surface area contributed by atoms with Crippen LogP contribution in [0.3, 0.4) is 0 Å². The molecule has 1 fully saturated rings. The monoisotopic (exact) mass is 293 g/mol. The van der Waals surface area contributed by atoms with Crippen LogP contribution in [0.15, 0.2) is 18.2 Å². The third-order valence-electron chi connectivity index (χ3n) is 3.96. The van der Waals surface area contributed by atoms with Crippen molar-refractivity contribution in [3.8, 4) is 11.5 Å². The predicted octanol–water partition coefficient (Wildman–Crippen LogP) is 2.88. The van der Waals surface area contributed by atoms with Gasteiger partial charge < -0.3 is 19.9 Å². The summed E-state index contributed by atoms with van der Waals surface area (Å²) in [5.41, 5.74) is 1.11. The Labute approximate surface area is 127 Å². The number of benzene rings is 1. The van der Waals surface area contributed by atoms with Gasteiger partial charge in [-0.1, -0.05) is 19.4 Å². The van der Waals surface area contributed by atoms with Gasteiger partial charge in [-0.15, -0.1) is 0 Å². The SMILES string of the molecule is CCCNCc1ccc(OC)cc1OC1CCCCC1O. The molecule has 118 valence electrons. The summed E-state index contributed by atoms with van der Waals surface area (Å²) in [7, 11) is 1.66. The van der Waals surface area contributed by atoms with Crippen molar-refractivity contribution in [2.24, 2.45) is 0 Å². The molecule has 1 aromatic rings. The number of hydrogen-bond donors (Lipinski definition) is 2. The fraction of sp³-hybridized carbons (Fsp3) is 0.647. The number of nitrogens with one attached hydrogen (secondary N) is 1. The molecule has 2 atom stereocenters. The van der Waals surface area contributed by atoms with E-state index in [0.29, 0.717) is 0 Å². The summed E-state index contributed by atoms with van der Waals surface area (Å²) in [6.45, 7) is 3.91. The van der Waals surface area contributed by atoms with E-state index in [9.17, 15) is 5.11 Å². The molecule has 0 heterocycles. The second-order valence-electron chi connectivity index (χ2n) is 5.66. The minimum Gasteiger partial charge on any atom is -0.497 e. The molecule has 0 amide bonds. The van der Waals surface area contributed by atoms with E-state index in [1.54, 1.807) is 7.11 Å². The number of ether oxygens (including phenoxy) is 2. The van der Waals surface area contributed by atoms with E-state index in [1.807, 2.05) is 18.2 Å². The van der Waals surface area contributed by atoms with E-state index in [0.717, 1.165) is 62.3 Å². The molecule has 0 aliphatic heterocycles. The van der Waals surface area contributed by atoms with Gasteiger partial charge in [-0.25, -0.2) is 0 Å². The van der Waals surface area contributed by atoms with Crippen LogP contribution in [0.4, 0.5) is 0 Å². The van der Waals surface area contributed by atoms with Gasteiger partial charge in [-0.05, 0) is 38.3 Å². The van der Waals surface area contributed by atoms with Crippen LogP contribution in [0.1, 0.15) is 44.6 Å². The Kier molecular flexibility index (Phi) is 6.33. The highest BCUT2D eigenvalue weighted by atomic mass is 16.5. The van der Waals surface area contributed by atoms with Crippen molar-refractivity contribution in [2.75, 3.05) is 13.7 Å². The predicted molar refractivity (Wildman–Crippen MR) is 83.9 cm³/mol. The summed E-state index contributed by atoms with van der Waals surface area (Å²) in [6, 6.07) is 5.91. The van der Waals surface area contributed by atoms with E-state index in [1.165, 1.54) is 0 Å². The maximum Gasteiger partial charge on any atom is 0.128 e. The smallest absolute Gasteiger partial charge is 0.128 e. The number of rotatable bonds is 7. The highest BCUT2D eigenvalue weighted by Gasteiger charge is 2.25. The first-order chi connectivity index (χ1) is 10.2. The van der Waals surface area contributed by atoms with Gasteiger partial charge in [0.25, 0.3) is 0 Å². The summed E-state index contributed by atoms with van der Waals surface area (Å²) in [5, 5.41) is 13.5. The molecule has 1 aliphatic carbocycles. The maximum absolute atomic E-state index is 10.1. The lowest BCUT2D eigenvalue weighted by Crippen LogP contribution is -2.35. The molecule has 4 heteroatoms. The molecular formula is C17H27NO3. The van der Waals surface area contributed by atoms with Crippen LogP contribution >= 0.6 is 0 Å². The first-order valence-corrected chi connectivity index (χ1v) is 7.97. The van der Waals surface area contributed by atoms with Crippen LogP contribution in [0, 0.1) is 0 Å². The average Bonchev–Trinajstić information content (AvgIpc) is 2.51. The van der Waals surface area contributed by atoms with Crippen LogP contribution in [0.25, 0.3) is 0 Å². The average molecular weight is 293 g/mol. The van der Waals surface area contributed by atoms with Crippen LogP contribution in [0.2, 0.25) is 0 Å².